The molecule has 0 aliphatic carbocycles. The lowest BCUT2D eigenvalue weighted by atomic mass is 10.1. The topological polar surface area (TPSA) is 41.1 Å². The van der Waals surface area contributed by atoms with Gasteiger partial charge in [0, 0.05) is 12.2 Å². The molecule has 104 valence electrons. The second-order valence-corrected chi connectivity index (χ2v) is 4.76. The lowest BCUT2D eigenvalue weighted by Gasteiger charge is -2.13. The monoisotopic (exact) mass is 268 g/mol. The molecule has 0 radical (unpaired) electrons. The van der Waals surface area contributed by atoms with Crippen molar-refractivity contribution in [2.24, 2.45) is 0 Å². The van der Waals surface area contributed by atoms with Crippen molar-refractivity contribution in [3.8, 4) is 0 Å². The number of carbonyl (C=O) groups is 1. The molecule has 2 amide bonds. The number of anilines is 1. The average molecular weight is 268 g/mol. The second-order valence-electron chi connectivity index (χ2n) is 4.76. The van der Waals surface area contributed by atoms with E-state index in [0.29, 0.717) is 6.54 Å². The molecule has 0 bridgehead atoms. The van der Waals surface area contributed by atoms with E-state index in [1.807, 2.05) is 55.5 Å². The van der Waals surface area contributed by atoms with Crippen molar-refractivity contribution < 1.29 is 4.79 Å². The minimum absolute atomic E-state index is 0.169. The van der Waals surface area contributed by atoms with Crippen molar-refractivity contribution in [2.45, 2.75) is 26.8 Å². The Bertz CT molecular complexity index is 579. The van der Waals surface area contributed by atoms with Gasteiger partial charge in [0.1, 0.15) is 0 Å². The number of hydrogen-bond acceptors (Lipinski definition) is 1. The van der Waals surface area contributed by atoms with E-state index < -0.39 is 0 Å². The van der Waals surface area contributed by atoms with E-state index in [1.165, 1.54) is 0 Å². The molecule has 0 aliphatic heterocycles. The van der Waals surface area contributed by atoms with Crippen molar-refractivity contribution in [3.05, 3.63) is 65.2 Å². The van der Waals surface area contributed by atoms with E-state index in [9.17, 15) is 4.79 Å². The maximum absolute atomic E-state index is 12.0. The van der Waals surface area contributed by atoms with Crippen LogP contribution in [0, 0.1) is 6.92 Å². The van der Waals surface area contributed by atoms with Gasteiger partial charge in [0.05, 0.1) is 0 Å². The third-order valence-corrected chi connectivity index (χ3v) is 3.27. The van der Waals surface area contributed by atoms with E-state index in [1.54, 1.807) is 0 Å². The van der Waals surface area contributed by atoms with Crippen LogP contribution < -0.4 is 10.6 Å². The third kappa shape index (κ3) is 3.60. The number of carbonyl (C=O) groups excluding carboxylic acids is 1. The molecule has 0 atom stereocenters. The molecule has 20 heavy (non-hydrogen) atoms. The van der Waals surface area contributed by atoms with Crippen LogP contribution in [0.25, 0.3) is 0 Å². The number of benzene rings is 2. The van der Waals surface area contributed by atoms with E-state index in [0.717, 1.165) is 28.8 Å². The van der Waals surface area contributed by atoms with Crippen molar-refractivity contribution in [1.29, 1.82) is 0 Å². The fourth-order valence-electron chi connectivity index (χ4n) is 2.14. The summed E-state index contributed by atoms with van der Waals surface area (Å²) in [5.74, 6) is 0. The van der Waals surface area contributed by atoms with Gasteiger partial charge < -0.3 is 10.6 Å². The average Bonchev–Trinajstić information content (AvgIpc) is 2.48. The Kier molecular flexibility index (Phi) is 4.77. The molecular formula is C17H20N2O. The van der Waals surface area contributed by atoms with Gasteiger partial charge in [0.15, 0.2) is 0 Å². The molecule has 2 rings (SSSR count). The maximum atomic E-state index is 12.0. The summed E-state index contributed by atoms with van der Waals surface area (Å²) < 4.78 is 0. The molecule has 0 fully saturated rings. The first-order valence-corrected chi connectivity index (χ1v) is 6.88. The van der Waals surface area contributed by atoms with Gasteiger partial charge in [0.25, 0.3) is 0 Å². The molecule has 3 nitrogen and oxygen atoms in total. The number of para-hydroxylation sites is 1. The summed E-state index contributed by atoms with van der Waals surface area (Å²) in [6, 6.07) is 15.8. The molecule has 0 heterocycles. The number of rotatable bonds is 4. The van der Waals surface area contributed by atoms with Crippen LogP contribution in [0.5, 0.6) is 0 Å². The highest BCUT2D eigenvalue weighted by Gasteiger charge is 2.07. The van der Waals surface area contributed by atoms with Crippen LogP contribution in [-0.4, -0.2) is 6.03 Å². The van der Waals surface area contributed by atoms with Crippen LogP contribution in [-0.2, 0) is 13.0 Å². The van der Waals surface area contributed by atoms with E-state index in [2.05, 4.69) is 17.6 Å². The number of aryl methyl sites for hydroxylation is 2. The molecule has 2 N–H and O–H groups in total. The predicted octanol–water partition coefficient (Wildman–Crippen LogP) is 3.88. The Labute approximate surface area is 120 Å². The molecule has 0 aromatic heterocycles. The van der Waals surface area contributed by atoms with E-state index >= 15 is 0 Å². The quantitative estimate of drug-likeness (QED) is 0.868. The van der Waals surface area contributed by atoms with Crippen LogP contribution in [0.3, 0.4) is 0 Å². The lowest BCUT2D eigenvalue weighted by Crippen LogP contribution is -2.28. The van der Waals surface area contributed by atoms with Crippen LogP contribution >= 0.6 is 0 Å². The molecule has 2 aromatic carbocycles. The molecule has 0 saturated carbocycles. The molecule has 0 saturated heterocycles. The molecule has 2 aromatic rings. The third-order valence-electron chi connectivity index (χ3n) is 3.27. The highest BCUT2D eigenvalue weighted by molar-refractivity contribution is 5.91. The van der Waals surface area contributed by atoms with E-state index in [4.69, 9.17) is 0 Å². The van der Waals surface area contributed by atoms with Crippen molar-refractivity contribution in [3.63, 3.8) is 0 Å². The first-order chi connectivity index (χ1) is 9.70. The van der Waals surface area contributed by atoms with Gasteiger partial charge in [-0.1, -0.05) is 55.5 Å². The highest BCUT2D eigenvalue weighted by atomic mass is 16.2. The summed E-state index contributed by atoms with van der Waals surface area (Å²) in [6.07, 6.45) is 0.899. The Balaban J connectivity index is 1.98. The van der Waals surface area contributed by atoms with Gasteiger partial charge in [-0.2, -0.15) is 0 Å². The van der Waals surface area contributed by atoms with Gasteiger partial charge in [-0.25, -0.2) is 4.79 Å². The van der Waals surface area contributed by atoms with Gasteiger partial charge in [-0.05, 0) is 30.0 Å². The normalized spacial score (nSPS) is 10.1. The molecule has 0 spiro atoms. The van der Waals surface area contributed by atoms with Crippen molar-refractivity contribution in [1.82, 2.24) is 5.32 Å². The van der Waals surface area contributed by atoms with Crippen LogP contribution in [0.4, 0.5) is 10.5 Å². The minimum Gasteiger partial charge on any atom is -0.334 e. The smallest absolute Gasteiger partial charge is 0.319 e. The summed E-state index contributed by atoms with van der Waals surface area (Å²) in [5.41, 5.74) is 4.24. The van der Waals surface area contributed by atoms with E-state index in [-0.39, 0.29) is 6.03 Å². The molecule has 3 heteroatoms. The van der Waals surface area contributed by atoms with Crippen LogP contribution in [0.1, 0.15) is 23.6 Å². The van der Waals surface area contributed by atoms with Crippen LogP contribution in [0.15, 0.2) is 48.5 Å². The van der Waals surface area contributed by atoms with Gasteiger partial charge in [-0.3, -0.25) is 0 Å². The lowest BCUT2D eigenvalue weighted by molar-refractivity contribution is 0.251. The largest absolute Gasteiger partial charge is 0.334 e. The van der Waals surface area contributed by atoms with Gasteiger partial charge in [0.2, 0.25) is 0 Å². The molecular weight excluding hydrogens is 248 g/mol. The zero-order chi connectivity index (χ0) is 14.4. The Morgan fingerprint density at radius 1 is 1.05 bits per heavy atom. The summed E-state index contributed by atoms with van der Waals surface area (Å²) in [5, 5.41) is 5.83. The van der Waals surface area contributed by atoms with Gasteiger partial charge in [-0.15, -0.1) is 0 Å². The Morgan fingerprint density at radius 2 is 1.80 bits per heavy atom. The highest BCUT2D eigenvalue weighted by Crippen LogP contribution is 2.20. The SMILES string of the molecule is CCc1cccc(C)c1NC(=O)NCc1ccccc1. The second kappa shape index (κ2) is 6.75. The van der Waals surface area contributed by atoms with Crippen molar-refractivity contribution in [2.75, 3.05) is 5.32 Å². The zero-order valence-electron chi connectivity index (χ0n) is 11.9. The first-order valence-electron chi connectivity index (χ1n) is 6.88. The predicted molar refractivity (Wildman–Crippen MR) is 82.9 cm³/mol. The molecule has 0 aliphatic rings. The fourth-order valence-corrected chi connectivity index (χ4v) is 2.14. The Hall–Kier alpha value is -2.29. The summed E-state index contributed by atoms with van der Waals surface area (Å²) in [4.78, 5) is 12.0. The standard InChI is InChI=1S/C17H20N2O/c1-3-15-11-7-8-13(2)16(15)19-17(20)18-12-14-9-5-4-6-10-14/h4-11H,3,12H2,1-2H3,(H2,18,19,20). The number of urea groups is 1. The first kappa shape index (κ1) is 14.1. The fraction of sp³-hybridized carbons (Fsp3) is 0.235. The van der Waals surface area contributed by atoms with Crippen LogP contribution in [0.2, 0.25) is 0 Å². The number of hydrogen-bond donors (Lipinski definition) is 2. The summed E-state index contributed by atoms with van der Waals surface area (Å²) >= 11 is 0. The minimum atomic E-state index is -0.169. The van der Waals surface area contributed by atoms with Crippen molar-refractivity contribution >= 4 is 11.7 Å². The summed E-state index contributed by atoms with van der Waals surface area (Å²) in [6.45, 7) is 4.62. The zero-order valence-corrected chi connectivity index (χ0v) is 11.9. The number of nitrogens with one attached hydrogen (secondary N) is 2. The molecule has 0 unspecified atom stereocenters. The Morgan fingerprint density at radius 3 is 2.50 bits per heavy atom. The van der Waals surface area contributed by atoms with Gasteiger partial charge >= 0.3 is 6.03 Å². The number of amides is 2. The maximum Gasteiger partial charge on any atom is 0.319 e. The summed E-state index contributed by atoms with van der Waals surface area (Å²) in [7, 11) is 0.